The molecule has 154 valence electrons. The minimum absolute atomic E-state index is 0. The lowest BCUT2D eigenvalue weighted by Crippen LogP contribution is -2.48. The van der Waals surface area contributed by atoms with Crippen LogP contribution in [-0.4, -0.2) is 59.5 Å². The monoisotopic (exact) mass is 496 g/mol. The number of likely N-dealkylation sites (tertiary alicyclic amines) is 1. The van der Waals surface area contributed by atoms with Crippen molar-refractivity contribution in [1.82, 2.24) is 24.7 Å². The number of benzene rings is 1. The lowest BCUT2D eigenvalue weighted by molar-refractivity contribution is 0.189. The van der Waals surface area contributed by atoms with Gasteiger partial charge in [-0.25, -0.2) is 4.98 Å². The van der Waals surface area contributed by atoms with Crippen molar-refractivity contribution in [3.63, 3.8) is 0 Å². The van der Waals surface area contributed by atoms with Crippen LogP contribution in [0.3, 0.4) is 0 Å². The van der Waals surface area contributed by atoms with Gasteiger partial charge in [-0.2, -0.15) is 0 Å². The van der Waals surface area contributed by atoms with Crippen molar-refractivity contribution >= 4 is 29.9 Å². The highest BCUT2D eigenvalue weighted by Crippen LogP contribution is 2.27. The topological polar surface area (TPSA) is 48.7 Å². The van der Waals surface area contributed by atoms with Gasteiger partial charge in [-0.05, 0) is 37.6 Å². The Morgan fingerprint density at radius 3 is 2.68 bits per heavy atom. The van der Waals surface area contributed by atoms with E-state index in [0.717, 1.165) is 38.6 Å². The van der Waals surface area contributed by atoms with Crippen LogP contribution in [0.2, 0.25) is 0 Å². The van der Waals surface area contributed by atoms with Gasteiger partial charge in [0, 0.05) is 45.6 Å². The molecule has 7 heteroatoms. The Balaban J connectivity index is 0.00000280. The van der Waals surface area contributed by atoms with Crippen LogP contribution in [0.4, 0.5) is 0 Å². The molecule has 2 atom stereocenters. The number of nitrogens with zero attached hydrogens (tertiary/aromatic N) is 5. The molecule has 1 aromatic heterocycles. The van der Waals surface area contributed by atoms with Crippen molar-refractivity contribution in [3.8, 4) is 0 Å². The minimum atomic E-state index is 0. The number of imidazole rings is 1. The second kappa shape index (κ2) is 10.8. The van der Waals surface area contributed by atoms with Gasteiger partial charge in [0.1, 0.15) is 0 Å². The molecule has 2 heterocycles. The fourth-order valence-corrected chi connectivity index (χ4v) is 3.83. The van der Waals surface area contributed by atoms with Gasteiger partial charge in [0.15, 0.2) is 5.96 Å². The average molecular weight is 496 g/mol. The first-order valence-corrected chi connectivity index (χ1v) is 9.73. The molecule has 0 spiro atoms. The summed E-state index contributed by atoms with van der Waals surface area (Å²) in [4.78, 5) is 13.4. The summed E-state index contributed by atoms with van der Waals surface area (Å²) in [6.45, 7) is 6.05. The Labute approximate surface area is 186 Å². The van der Waals surface area contributed by atoms with E-state index < -0.39 is 0 Å². The number of aromatic nitrogens is 2. The Bertz CT molecular complexity index is 743. The maximum Gasteiger partial charge on any atom is 0.193 e. The van der Waals surface area contributed by atoms with Gasteiger partial charge in [-0.15, -0.1) is 24.0 Å². The number of hydrogen-bond donors (Lipinski definition) is 1. The number of halogens is 1. The summed E-state index contributed by atoms with van der Waals surface area (Å²) in [6, 6.07) is 9.05. The standard InChI is InChI=1S/C21H32N6.HI/c1-17-9-11-26(15-20(17)27-12-10-23-16-27)21(22-2)24-13-18-7-5-6-8-19(18)14-25(3)4;/h5-8,10,12,16-17,20H,9,11,13-15H2,1-4H3,(H,22,24);1H. The molecule has 1 aliphatic rings. The third-order valence-corrected chi connectivity index (χ3v) is 5.38. The first-order chi connectivity index (χ1) is 13.1. The summed E-state index contributed by atoms with van der Waals surface area (Å²) >= 11 is 0. The van der Waals surface area contributed by atoms with Crippen LogP contribution in [0, 0.1) is 5.92 Å². The third-order valence-electron chi connectivity index (χ3n) is 5.38. The van der Waals surface area contributed by atoms with Gasteiger partial charge >= 0.3 is 0 Å². The predicted molar refractivity (Wildman–Crippen MR) is 126 cm³/mol. The van der Waals surface area contributed by atoms with E-state index in [0.29, 0.717) is 12.0 Å². The molecule has 1 aromatic carbocycles. The SMILES string of the molecule is CN=C(NCc1ccccc1CN(C)C)N1CCC(C)C(n2ccnc2)C1.I. The Kier molecular flexibility index (Phi) is 8.75. The molecule has 0 saturated carbocycles. The Morgan fingerprint density at radius 1 is 1.29 bits per heavy atom. The molecule has 1 saturated heterocycles. The van der Waals surface area contributed by atoms with Gasteiger partial charge in [0.05, 0.1) is 12.4 Å². The minimum Gasteiger partial charge on any atom is -0.352 e. The van der Waals surface area contributed by atoms with E-state index in [4.69, 9.17) is 0 Å². The first-order valence-electron chi connectivity index (χ1n) is 9.73. The molecule has 2 aromatic rings. The van der Waals surface area contributed by atoms with E-state index in [2.05, 4.69) is 81.1 Å². The Morgan fingerprint density at radius 2 is 2.04 bits per heavy atom. The summed E-state index contributed by atoms with van der Waals surface area (Å²) in [7, 11) is 6.08. The summed E-state index contributed by atoms with van der Waals surface area (Å²) in [5.41, 5.74) is 2.68. The number of hydrogen-bond acceptors (Lipinski definition) is 3. The molecule has 0 amide bonds. The second-order valence-corrected chi connectivity index (χ2v) is 7.70. The van der Waals surface area contributed by atoms with Crippen molar-refractivity contribution in [2.24, 2.45) is 10.9 Å². The highest BCUT2D eigenvalue weighted by molar-refractivity contribution is 14.0. The molecule has 0 radical (unpaired) electrons. The fraction of sp³-hybridized carbons (Fsp3) is 0.524. The van der Waals surface area contributed by atoms with Crippen LogP contribution < -0.4 is 5.32 Å². The lowest BCUT2D eigenvalue weighted by atomic mass is 9.93. The molecule has 0 aliphatic carbocycles. The Hall–Kier alpha value is -1.61. The quantitative estimate of drug-likeness (QED) is 0.393. The van der Waals surface area contributed by atoms with Gasteiger partial charge in [0.2, 0.25) is 0 Å². The smallest absolute Gasteiger partial charge is 0.193 e. The van der Waals surface area contributed by atoms with Gasteiger partial charge in [-0.1, -0.05) is 31.2 Å². The predicted octanol–water partition coefficient (Wildman–Crippen LogP) is 3.22. The van der Waals surface area contributed by atoms with Crippen LogP contribution in [0.5, 0.6) is 0 Å². The average Bonchev–Trinajstić information content (AvgIpc) is 3.18. The zero-order valence-electron chi connectivity index (χ0n) is 17.4. The van der Waals surface area contributed by atoms with E-state index >= 15 is 0 Å². The maximum atomic E-state index is 4.55. The van der Waals surface area contributed by atoms with Gasteiger partial charge < -0.3 is 19.7 Å². The largest absolute Gasteiger partial charge is 0.352 e. The van der Waals surface area contributed by atoms with Crippen LogP contribution in [0.15, 0.2) is 48.0 Å². The maximum absolute atomic E-state index is 4.55. The zero-order chi connectivity index (χ0) is 19.2. The van der Waals surface area contributed by atoms with Crippen LogP contribution >= 0.6 is 24.0 Å². The highest BCUT2D eigenvalue weighted by Gasteiger charge is 2.28. The van der Waals surface area contributed by atoms with Gasteiger partial charge in [-0.3, -0.25) is 4.99 Å². The molecular formula is C21H33IN6. The summed E-state index contributed by atoms with van der Waals surface area (Å²) in [5.74, 6) is 1.61. The fourth-order valence-electron chi connectivity index (χ4n) is 3.83. The molecule has 3 rings (SSSR count). The van der Waals surface area contributed by atoms with Crippen molar-refractivity contribution < 1.29 is 0 Å². The summed E-state index contributed by atoms with van der Waals surface area (Å²) in [5, 5.41) is 3.58. The second-order valence-electron chi connectivity index (χ2n) is 7.70. The van der Waals surface area contributed by atoms with E-state index in [9.17, 15) is 0 Å². The number of nitrogens with one attached hydrogen (secondary N) is 1. The van der Waals surface area contributed by atoms with E-state index in [1.54, 1.807) is 0 Å². The molecule has 6 nitrogen and oxygen atoms in total. The molecule has 28 heavy (non-hydrogen) atoms. The normalized spacial score (nSPS) is 20.2. The molecular weight excluding hydrogens is 463 g/mol. The first kappa shape index (κ1) is 22.7. The van der Waals surface area contributed by atoms with E-state index in [1.165, 1.54) is 11.1 Å². The summed E-state index contributed by atoms with van der Waals surface area (Å²) in [6.07, 6.45) is 7.01. The highest BCUT2D eigenvalue weighted by atomic mass is 127. The summed E-state index contributed by atoms with van der Waals surface area (Å²) < 4.78 is 2.23. The lowest BCUT2D eigenvalue weighted by Gasteiger charge is -2.39. The van der Waals surface area contributed by atoms with Crippen molar-refractivity contribution in [1.29, 1.82) is 0 Å². The molecule has 1 aliphatic heterocycles. The number of aliphatic imine (C=N–C) groups is 1. The van der Waals surface area contributed by atoms with Crippen LogP contribution in [0.25, 0.3) is 0 Å². The van der Waals surface area contributed by atoms with Gasteiger partial charge in [0.25, 0.3) is 0 Å². The third kappa shape index (κ3) is 5.70. The zero-order valence-corrected chi connectivity index (χ0v) is 19.7. The van der Waals surface area contributed by atoms with E-state index in [1.807, 2.05) is 19.6 Å². The molecule has 1 fully saturated rings. The van der Waals surface area contributed by atoms with Crippen LogP contribution in [-0.2, 0) is 13.1 Å². The number of piperidine rings is 1. The number of guanidine groups is 1. The molecule has 1 N–H and O–H groups in total. The van der Waals surface area contributed by atoms with Crippen molar-refractivity contribution in [2.75, 3.05) is 34.2 Å². The van der Waals surface area contributed by atoms with Crippen molar-refractivity contribution in [2.45, 2.75) is 32.5 Å². The van der Waals surface area contributed by atoms with Crippen LogP contribution in [0.1, 0.15) is 30.5 Å². The number of rotatable bonds is 5. The molecule has 2 unspecified atom stereocenters. The van der Waals surface area contributed by atoms with Crippen molar-refractivity contribution in [3.05, 3.63) is 54.1 Å². The van der Waals surface area contributed by atoms with E-state index in [-0.39, 0.29) is 24.0 Å². The molecule has 0 bridgehead atoms.